The molecule has 2 aromatic rings. The van der Waals surface area contributed by atoms with Gasteiger partial charge in [-0.1, -0.05) is 28.6 Å². The second-order valence-electron chi connectivity index (χ2n) is 5.09. The van der Waals surface area contributed by atoms with Gasteiger partial charge in [0.1, 0.15) is 5.75 Å². The predicted octanol–water partition coefficient (Wildman–Crippen LogP) is 4.46. The molecule has 1 aliphatic rings. The van der Waals surface area contributed by atoms with Gasteiger partial charge in [-0.05, 0) is 41.0 Å². The highest BCUT2D eigenvalue weighted by Gasteiger charge is 2.20. The van der Waals surface area contributed by atoms with E-state index in [1.807, 2.05) is 24.3 Å². The minimum atomic E-state index is 0.689. The third-order valence-electron chi connectivity index (χ3n) is 3.81. The zero-order chi connectivity index (χ0) is 15.7. The maximum absolute atomic E-state index is 5.79. The van der Waals surface area contributed by atoms with E-state index >= 15 is 0 Å². The van der Waals surface area contributed by atoms with Gasteiger partial charge in [0.15, 0.2) is 11.5 Å². The molecule has 3 nitrogen and oxygen atoms in total. The van der Waals surface area contributed by atoms with E-state index in [-0.39, 0.29) is 0 Å². The van der Waals surface area contributed by atoms with Crippen LogP contribution in [0.5, 0.6) is 17.2 Å². The normalized spacial score (nSPS) is 12.5. The lowest BCUT2D eigenvalue weighted by molar-refractivity contribution is 0.354. The number of halogens is 1. The van der Waals surface area contributed by atoms with Crippen LogP contribution < -0.4 is 14.2 Å². The Morgan fingerprint density at radius 1 is 1.14 bits per heavy atom. The maximum Gasteiger partial charge on any atom is 0.161 e. The Bertz CT molecular complexity index is 737. The van der Waals surface area contributed by atoms with Crippen LogP contribution in [0, 0.1) is 0 Å². The van der Waals surface area contributed by atoms with Crippen molar-refractivity contribution in [2.45, 2.75) is 6.42 Å². The van der Waals surface area contributed by atoms with Gasteiger partial charge in [-0.3, -0.25) is 0 Å². The molecule has 3 rings (SSSR count). The summed E-state index contributed by atoms with van der Waals surface area (Å²) in [5.41, 5.74) is 4.11. The summed E-state index contributed by atoms with van der Waals surface area (Å²) in [4.78, 5) is 0. The van der Waals surface area contributed by atoms with Crippen LogP contribution in [0.1, 0.15) is 16.7 Å². The van der Waals surface area contributed by atoms with Gasteiger partial charge in [-0.25, -0.2) is 0 Å². The maximum atomic E-state index is 5.79. The van der Waals surface area contributed by atoms with Gasteiger partial charge in [0.05, 0.1) is 20.8 Å². The van der Waals surface area contributed by atoms with Crippen molar-refractivity contribution < 1.29 is 14.2 Å². The molecular formula is C18H17BrO3. The molecule has 0 bridgehead atoms. The molecule has 0 aromatic heterocycles. The van der Waals surface area contributed by atoms with E-state index in [4.69, 9.17) is 14.2 Å². The Morgan fingerprint density at radius 2 is 1.91 bits per heavy atom. The van der Waals surface area contributed by atoms with Crippen LogP contribution in [0.15, 0.2) is 41.4 Å². The summed E-state index contributed by atoms with van der Waals surface area (Å²) in [5.74, 6) is 2.33. The molecule has 0 unspecified atom stereocenters. The van der Waals surface area contributed by atoms with Crippen molar-refractivity contribution in [3.05, 3.63) is 58.1 Å². The molecule has 0 atom stereocenters. The van der Waals surface area contributed by atoms with Crippen LogP contribution in [-0.4, -0.2) is 20.8 Å². The molecular weight excluding hydrogens is 344 g/mol. The summed E-state index contributed by atoms with van der Waals surface area (Å²) in [7, 11) is 3.26. The summed E-state index contributed by atoms with van der Waals surface area (Å²) in [6.07, 6.45) is 0.932. The van der Waals surface area contributed by atoms with Gasteiger partial charge in [-0.15, -0.1) is 0 Å². The molecule has 0 saturated heterocycles. The van der Waals surface area contributed by atoms with Crippen LogP contribution in [0.3, 0.4) is 0 Å². The van der Waals surface area contributed by atoms with Crippen LogP contribution in [-0.2, 0) is 6.42 Å². The van der Waals surface area contributed by atoms with E-state index < -0.39 is 0 Å². The van der Waals surface area contributed by atoms with Gasteiger partial charge in [0, 0.05) is 16.5 Å². The molecule has 22 heavy (non-hydrogen) atoms. The van der Waals surface area contributed by atoms with Gasteiger partial charge in [0.25, 0.3) is 0 Å². The molecule has 1 aliphatic heterocycles. The lowest BCUT2D eigenvalue weighted by atomic mass is 9.96. The van der Waals surface area contributed by atoms with Crippen LogP contribution >= 0.6 is 15.9 Å². The van der Waals surface area contributed by atoms with Crippen molar-refractivity contribution >= 4 is 21.5 Å². The molecule has 0 fully saturated rings. The number of methoxy groups -OCH3 is 2. The van der Waals surface area contributed by atoms with Crippen molar-refractivity contribution in [3.8, 4) is 17.2 Å². The quantitative estimate of drug-likeness (QED) is 0.805. The smallest absolute Gasteiger partial charge is 0.161 e. The van der Waals surface area contributed by atoms with E-state index in [9.17, 15) is 0 Å². The van der Waals surface area contributed by atoms with Gasteiger partial charge in [-0.2, -0.15) is 0 Å². The van der Waals surface area contributed by atoms with Gasteiger partial charge >= 0.3 is 0 Å². The fraction of sp³-hybridized carbons (Fsp3) is 0.222. The SMILES string of the molecule is C=C(c1ccc(OC)c(OC)c1)c1cc(Br)cc2c1OCC2. The Kier molecular flexibility index (Phi) is 4.12. The Balaban J connectivity index is 2.05. The summed E-state index contributed by atoms with van der Waals surface area (Å²) in [6, 6.07) is 9.95. The van der Waals surface area contributed by atoms with Crippen molar-refractivity contribution in [1.82, 2.24) is 0 Å². The predicted molar refractivity (Wildman–Crippen MR) is 91.0 cm³/mol. The molecule has 4 heteroatoms. The lowest BCUT2D eigenvalue weighted by Crippen LogP contribution is -1.95. The average molecular weight is 361 g/mol. The number of benzene rings is 2. The summed E-state index contributed by atoms with van der Waals surface area (Å²) < 4.78 is 17.5. The monoisotopic (exact) mass is 360 g/mol. The number of hydrogen-bond donors (Lipinski definition) is 0. The fourth-order valence-corrected chi connectivity index (χ4v) is 3.18. The standard InChI is InChI=1S/C18H17BrO3/c1-11(12-4-5-16(20-2)17(9-12)21-3)15-10-14(19)8-13-6-7-22-18(13)15/h4-5,8-10H,1,6-7H2,2-3H3. The van der Waals surface area contributed by atoms with Crippen LogP contribution in [0.4, 0.5) is 0 Å². The zero-order valence-electron chi connectivity index (χ0n) is 12.6. The average Bonchev–Trinajstić information content (AvgIpc) is 3.00. The van der Waals surface area contributed by atoms with Crippen molar-refractivity contribution in [3.63, 3.8) is 0 Å². The minimum Gasteiger partial charge on any atom is -0.493 e. The van der Waals surface area contributed by atoms with Crippen LogP contribution in [0.25, 0.3) is 5.57 Å². The molecule has 0 spiro atoms. The first-order chi connectivity index (χ1) is 10.6. The highest BCUT2D eigenvalue weighted by Crippen LogP contribution is 2.40. The van der Waals surface area contributed by atoms with Crippen molar-refractivity contribution in [2.24, 2.45) is 0 Å². The number of ether oxygens (including phenoxy) is 3. The van der Waals surface area contributed by atoms with Gasteiger partial charge in [0.2, 0.25) is 0 Å². The molecule has 114 valence electrons. The van der Waals surface area contributed by atoms with Crippen LogP contribution in [0.2, 0.25) is 0 Å². The minimum absolute atomic E-state index is 0.689. The first-order valence-corrected chi connectivity index (χ1v) is 7.80. The highest BCUT2D eigenvalue weighted by atomic mass is 79.9. The van der Waals surface area contributed by atoms with E-state index in [1.54, 1.807) is 14.2 Å². The molecule has 0 saturated carbocycles. The van der Waals surface area contributed by atoms with Crippen molar-refractivity contribution in [1.29, 1.82) is 0 Å². The largest absolute Gasteiger partial charge is 0.493 e. The molecule has 2 aromatic carbocycles. The third-order valence-corrected chi connectivity index (χ3v) is 4.26. The number of fused-ring (bicyclic) bond motifs is 1. The zero-order valence-corrected chi connectivity index (χ0v) is 14.2. The highest BCUT2D eigenvalue weighted by molar-refractivity contribution is 9.10. The van der Waals surface area contributed by atoms with Crippen molar-refractivity contribution in [2.75, 3.05) is 20.8 Å². The summed E-state index contributed by atoms with van der Waals surface area (Å²) in [5, 5.41) is 0. The lowest BCUT2D eigenvalue weighted by Gasteiger charge is -2.14. The first kappa shape index (κ1) is 15.0. The second kappa shape index (κ2) is 6.05. The molecule has 0 amide bonds. The molecule has 0 N–H and O–H groups in total. The summed E-state index contributed by atoms with van der Waals surface area (Å²) in [6.45, 7) is 4.97. The third kappa shape index (κ3) is 2.59. The number of rotatable bonds is 4. The Morgan fingerprint density at radius 3 is 2.64 bits per heavy atom. The second-order valence-corrected chi connectivity index (χ2v) is 6.00. The Labute approximate surface area is 138 Å². The van der Waals surface area contributed by atoms with E-state index in [0.717, 1.165) is 39.9 Å². The van der Waals surface area contributed by atoms with E-state index in [2.05, 4.69) is 28.6 Å². The molecule has 1 heterocycles. The number of hydrogen-bond acceptors (Lipinski definition) is 3. The fourth-order valence-electron chi connectivity index (χ4n) is 2.67. The summed E-state index contributed by atoms with van der Waals surface area (Å²) >= 11 is 3.57. The van der Waals surface area contributed by atoms with Gasteiger partial charge < -0.3 is 14.2 Å². The molecule has 0 radical (unpaired) electrons. The first-order valence-electron chi connectivity index (χ1n) is 7.01. The molecule has 0 aliphatic carbocycles. The topological polar surface area (TPSA) is 27.7 Å². The van der Waals surface area contributed by atoms with E-state index in [1.165, 1.54) is 5.56 Å². The Hall–Kier alpha value is -1.94. The van der Waals surface area contributed by atoms with E-state index in [0.29, 0.717) is 11.5 Å².